The van der Waals surface area contributed by atoms with Gasteiger partial charge in [0.15, 0.2) is 0 Å². The van der Waals surface area contributed by atoms with Crippen LogP contribution in [0.1, 0.15) is 45.0 Å². The van der Waals surface area contributed by atoms with Gasteiger partial charge in [0.25, 0.3) is 0 Å². The van der Waals surface area contributed by atoms with E-state index in [2.05, 4.69) is 10.3 Å². The molecule has 0 radical (unpaired) electrons. The fourth-order valence-corrected chi connectivity index (χ4v) is 3.33. The molecule has 0 atom stereocenters. The predicted octanol–water partition coefficient (Wildman–Crippen LogP) is 3.21. The van der Waals surface area contributed by atoms with Crippen LogP contribution in [0.4, 0.5) is 4.79 Å². The Morgan fingerprint density at radius 3 is 2.62 bits per heavy atom. The number of carbonyl (C=O) groups is 2. The summed E-state index contributed by atoms with van der Waals surface area (Å²) < 4.78 is 12.0. The largest absolute Gasteiger partial charge is 0.462 e. The van der Waals surface area contributed by atoms with Gasteiger partial charge in [-0.15, -0.1) is 11.8 Å². The number of aromatic nitrogens is 2. The van der Waals surface area contributed by atoms with Crippen molar-refractivity contribution in [2.45, 2.75) is 51.8 Å². The summed E-state index contributed by atoms with van der Waals surface area (Å²) in [7, 11) is 0. The minimum Gasteiger partial charge on any atom is -0.462 e. The Morgan fingerprint density at radius 2 is 2.00 bits per heavy atom. The molecule has 2 aromatic heterocycles. The van der Waals surface area contributed by atoms with E-state index in [9.17, 15) is 14.4 Å². The van der Waals surface area contributed by atoms with Crippen molar-refractivity contribution in [2.75, 3.05) is 18.9 Å². The van der Waals surface area contributed by atoms with Crippen LogP contribution in [0.2, 0.25) is 0 Å². The van der Waals surface area contributed by atoms with Crippen LogP contribution in [0.3, 0.4) is 0 Å². The van der Waals surface area contributed by atoms with Crippen molar-refractivity contribution in [2.24, 2.45) is 0 Å². The van der Waals surface area contributed by atoms with E-state index in [1.807, 2.05) is 6.92 Å². The number of amides is 1. The molecular formula is C20H27N3O5S. The lowest BCUT2D eigenvalue weighted by Gasteiger charge is -2.19. The van der Waals surface area contributed by atoms with Gasteiger partial charge in [-0.1, -0.05) is 0 Å². The SMILES string of the molecule is CCOC(=O)c1cn(CC)c2cnc(SCCNC(=O)OC(C)(C)C)cc2c1=O. The van der Waals surface area contributed by atoms with Crippen molar-refractivity contribution in [3.8, 4) is 0 Å². The molecule has 29 heavy (non-hydrogen) atoms. The van der Waals surface area contributed by atoms with Gasteiger partial charge in [-0.05, 0) is 40.7 Å². The van der Waals surface area contributed by atoms with Crippen molar-refractivity contribution < 1.29 is 19.1 Å². The van der Waals surface area contributed by atoms with Crippen molar-refractivity contribution in [1.82, 2.24) is 14.9 Å². The summed E-state index contributed by atoms with van der Waals surface area (Å²) in [6.45, 7) is 10.2. The number of esters is 1. The number of nitrogens with zero attached hydrogens (tertiary/aromatic N) is 2. The second kappa shape index (κ2) is 9.78. The highest BCUT2D eigenvalue weighted by Gasteiger charge is 2.17. The highest BCUT2D eigenvalue weighted by molar-refractivity contribution is 7.99. The number of hydrogen-bond acceptors (Lipinski definition) is 7. The zero-order chi connectivity index (χ0) is 21.6. The Morgan fingerprint density at radius 1 is 1.28 bits per heavy atom. The number of fused-ring (bicyclic) bond motifs is 1. The number of rotatable bonds is 7. The molecule has 1 N–H and O–H groups in total. The molecule has 0 aliphatic carbocycles. The first kappa shape index (κ1) is 22.7. The first-order valence-corrected chi connectivity index (χ1v) is 10.4. The number of nitrogens with one attached hydrogen (secondary N) is 1. The van der Waals surface area contributed by atoms with Gasteiger partial charge < -0.3 is 19.4 Å². The van der Waals surface area contributed by atoms with Gasteiger partial charge in [-0.2, -0.15) is 0 Å². The second-order valence-corrected chi connectivity index (χ2v) is 8.31. The Kier molecular flexibility index (Phi) is 7.66. The molecule has 0 aliphatic heterocycles. The van der Waals surface area contributed by atoms with Crippen molar-refractivity contribution >= 4 is 34.7 Å². The first-order chi connectivity index (χ1) is 13.7. The van der Waals surface area contributed by atoms with Gasteiger partial charge in [0.1, 0.15) is 11.2 Å². The third kappa shape index (κ3) is 6.22. The third-order valence-corrected chi connectivity index (χ3v) is 4.72. The van der Waals surface area contributed by atoms with Crippen LogP contribution in [-0.4, -0.2) is 46.1 Å². The quantitative estimate of drug-likeness (QED) is 0.416. The van der Waals surface area contributed by atoms with E-state index in [1.54, 1.807) is 44.5 Å². The van der Waals surface area contributed by atoms with Gasteiger partial charge >= 0.3 is 12.1 Å². The number of aryl methyl sites for hydroxylation is 1. The van der Waals surface area contributed by atoms with E-state index in [0.29, 0.717) is 34.8 Å². The summed E-state index contributed by atoms with van der Waals surface area (Å²) >= 11 is 1.40. The molecule has 0 aliphatic rings. The van der Waals surface area contributed by atoms with Crippen LogP contribution in [0.25, 0.3) is 10.9 Å². The minimum absolute atomic E-state index is 0.00921. The number of ether oxygens (including phenoxy) is 2. The van der Waals surface area contributed by atoms with E-state index in [4.69, 9.17) is 9.47 Å². The zero-order valence-corrected chi connectivity index (χ0v) is 18.2. The monoisotopic (exact) mass is 421 g/mol. The molecule has 0 saturated carbocycles. The Balaban J connectivity index is 2.16. The standard InChI is InChI=1S/C20H27N3O5S/c1-6-23-12-14(18(25)27-7-2)17(24)13-10-16(22-11-15(13)23)29-9-8-21-19(26)28-20(3,4)5/h10-12H,6-9H2,1-5H3,(H,21,26). The van der Waals surface area contributed by atoms with E-state index in [-0.39, 0.29) is 17.6 Å². The van der Waals surface area contributed by atoms with Gasteiger partial charge in [0, 0.05) is 25.0 Å². The van der Waals surface area contributed by atoms with Gasteiger partial charge in [-0.3, -0.25) is 4.79 Å². The summed E-state index contributed by atoms with van der Waals surface area (Å²) in [5.41, 5.74) is -0.261. The van der Waals surface area contributed by atoms with Gasteiger partial charge in [-0.25, -0.2) is 14.6 Å². The van der Waals surface area contributed by atoms with Crippen LogP contribution in [0.5, 0.6) is 0 Å². The normalized spacial score (nSPS) is 11.3. The molecule has 8 nitrogen and oxygen atoms in total. The molecule has 2 rings (SSSR count). The molecule has 0 bridgehead atoms. The summed E-state index contributed by atoms with van der Waals surface area (Å²) in [6.07, 6.45) is 2.66. The number of pyridine rings is 2. The van der Waals surface area contributed by atoms with Crippen molar-refractivity contribution in [3.05, 3.63) is 34.2 Å². The summed E-state index contributed by atoms with van der Waals surface area (Å²) in [5, 5.41) is 3.72. The Bertz CT molecular complexity index is 950. The number of thioether (sulfide) groups is 1. The fourth-order valence-electron chi connectivity index (χ4n) is 2.59. The molecule has 158 valence electrons. The van der Waals surface area contributed by atoms with Gasteiger partial charge in [0.05, 0.1) is 28.7 Å². The van der Waals surface area contributed by atoms with Crippen LogP contribution in [0.15, 0.2) is 28.3 Å². The predicted molar refractivity (Wildman–Crippen MR) is 113 cm³/mol. The lowest BCUT2D eigenvalue weighted by Crippen LogP contribution is -2.33. The topological polar surface area (TPSA) is 99.5 Å². The summed E-state index contributed by atoms with van der Waals surface area (Å²) in [4.78, 5) is 41.0. The van der Waals surface area contributed by atoms with E-state index >= 15 is 0 Å². The molecule has 0 unspecified atom stereocenters. The highest BCUT2D eigenvalue weighted by Crippen LogP contribution is 2.20. The summed E-state index contributed by atoms with van der Waals surface area (Å²) in [5.74, 6) is -0.0775. The zero-order valence-electron chi connectivity index (χ0n) is 17.4. The number of alkyl carbamates (subject to hydrolysis) is 1. The molecule has 1 amide bonds. The first-order valence-electron chi connectivity index (χ1n) is 9.46. The highest BCUT2D eigenvalue weighted by atomic mass is 32.2. The van der Waals surface area contributed by atoms with Crippen LogP contribution >= 0.6 is 11.8 Å². The maximum atomic E-state index is 12.8. The lowest BCUT2D eigenvalue weighted by atomic mass is 10.1. The van der Waals surface area contributed by atoms with Crippen LogP contribution < -0.4 is 10.7 Å². The molecule has 2 heterocycles. The number of hydrogen-bond donors (Lipinski definition) is 1. The minimum atomic E-state index is -0.630. The van der Waals surface area contributed by atoms with Crippen molar-refractivity contribution in [1.29, 1.82) is 0 Å². The summed E-state index contributed by atoms with van der Waals surface area (Å²) in [6, 6.07) is 1.67. The lowest BCUT2D eigenvalue weighted by molar-refractivity contribution is 0.0516. The molecular weight excluding hydrogens is 394 g/mol. The van der Waals surface area contributed by atoms with E-state index in [0.717, 1.165) is 0 Å². The maximum Gasteiger partial charge on any atom is 0.407 e. The Hall–Kier alpha value is -2.55. The second-order valence-electron chi connectivity index (χ2n) is 7.20. The average Bonchev–Trinajstić information content (AvgIpc) is 2.64. The fraction of sp³-hybridized carbons (Fsp3) is 0.500. The molecule has 2 aromatic rings. The third-order valence-electron chi connectivity index (χ3n) is 3.80. The molecule has 9 heteroatoms. The Labute approximate surface area is 174 Å². The van der Waals surface area contributed by atoms with Gasteiger partial charge in [0.2, 0.25) is 5.43 Å². The maximum absolute atomic E-state index is 12.8. The molecule has 0 aromatic carbocycles. The van der Waals surface area contributed by atoms with E-state index < -0.39 is 17.7 Å². The smallest absolute Gasteiger partial charge is 0.407 e. The molecule has 0 saturated heterocycles. The number of carbonyl (C=O) groups excluding carboxylic acids is 2. The van der Waals surface area contributed by atoms with Crippen LogP contribution in [0, 0.1) is 0 Å². The molecule has 0 spiro atoms. The van der Waals surface area contributed by atoms with Crippen LogP contribution in [-0.2, 0) is 16.0 Å². The van der Waals surface area contributed by atoms with E-state index in [1.165, 1.54) is 18.0 Å². The average molecular weight is 422 g/mol. The molecule has 0 fully saturated rings. The van der Waals surface area contributed by atoms with Crippen molar-refractivity contribution in [3.63, 3.8) is 0 Å².